The van der Waals surface area contributed by atoms with Gasteiger partial charge in [-0.25, -0.2) is 4.98 Å². The SMILES string of the molecule is CN1C(=O)C[C@@H](CNCc2cnc(C3CC3)s2)[C@@H]1c1cnn(C)c1. The number of aryl methyl sites for hydroxylation is 1. The summed E-state index contributed by atoms with van der Waals surface area (Å²) in [5, 5.41) is 9.08. The van der Waals surface area contributed by atoms with Gasteiger partial charge in [0.05, 0.1) is 17.2 Å². The number of amides is 1. The summed E-state index contributed by atoms with van der Waals surface area (Å²) >= 11 is 1.82. The van der Waals surface area contributed by atoms with Gasteiger partial charge in [0.1, 0.15) is 0 Å². The highest BCUT2D eigenvalue weighted by atomic mass is 32.1. The van der Waals surface area contributed by atoms with Crippen LogP contribution in [-0.4, -0.2) is 39.2 Å². The predicted octanol–water partition coefficient (Wildman–Crippen LogP) is 2.06. The van der Waals surface area contributed by atoms with Crippen molar-refractivity contribution in [3.05, 3.63) is 34.0 Å². The topological polar surface area (TPSA) is 63.1 Å². The van der Waals surface area contributed by atoms with Crippen LogP contribution in [-0.2, 0) is 18.4 Å². The first-order valence-electron chi connectivity index (χ1n) is 8.51. The lowest BCUT2D eigenvalue weighted by atomic mass is 9.96. The molecule has 6 nitrogen and oxygen atoms in total. The molecular weight excluding hydrogens is 322 g/mol. The smallest absolute Gasteiger partial charge is 0.223 e. The number of aromatic nitrogens is 3. The molecule has 1 aliphatic heterocycles. The molecule has 2 atom stereocenters. The third-order valence-corrected chi connectivity index (χ3v) is 6.12. The Labute approximate surface area is 145 Å². The van der Waals surface area contributed by atoms with Gasteiger partial charge in [-0.2, -0.15) is 5.10 Å². The molecule has 24 heavy (non-hydrogen) atoms. The summed E-state index contributed by atoms with van der Waals surface area (Å²) < 4.78 is 1.80. The van der Waals surface area contributed by atoms with E-state index in [2.05, 4.69) is 15.4 Å². The van der Waals surface area contributed by atoms with E-state index >= 15 is 0 Å². The van der Waals surface area contributed by atoms with Crippen molar-refractivity contribution in [2.24, 2.45) is 13.0 Å². The van der Waals surface area contributed by atoms with Crippen molar-refractivity contribution in [3.8, 4) is 0 Å². The van der Waals surface area contributed by atoms with Crippen molar-refractivity contribution in [2.45, 2.75) is 37.8 Å². The molecule has 0 aromatic carbocycles. The molecule has 0 unspecified atom stereocenters. The third-order valence-electron chi connectivity index (χ3n) is 4.96. The number of hydrogen-bond donors (Lipinski definition) is 1. The van der Waals surface area contributed by atoms with Gasteiger partial charge in [0.2, 0.25) is 5.91 Å². The Balaban J connectivity index is 1.37. The predicted molar refractivity (Wildman–Crippen MR) is 92.6 cm³/mol. The summed E-state index contributed by atoms with van der Waals surface area (Å²) in [6, 6.07) is 0.113. The van der Waals surface area contributed by atoms with Crippen LogP contribution in [0.25, 0.3) is 0 Å². The Morgan fingerprint density at radius 2 is 2.17 bits per heavy atom. The Bertz CT molecular complexity index is 735. The Kier molecular flexibility index (Phi) is 4.14. The zero-order chi connectivity index (χ0) is 16.7. The maximum Gasteiger partial charge on any atom is 0.223 e. The summed E-state index contributed by atoms with van der Waals surface area (Å²) in [6.07, 6.45) is 9.07. The summed E-state index contributed by atoms with van der Waals surface area (Å²) in [6.45, 7) is 1.66. The fraction of sp³-hybridized carbons (Fsp3) is 0.588. The van der Waals surface area contributed by atoms with Crippen LogP contribution in [0.15, 0.2) is 18.6 Å². The van der Waals surface area contributed by atoms with Crippen molar-refractivity contribution < 1.29 is 4.79 Å². The maximum absolute atomic E-state index is 12.2. The number of nitrogens with zero attached hydrogens (tertiary/aromatic N) is 4. The second-order valence-corrected chi connectivity index (χ2v) is 8.08. The number of rotatable bonds is 6. The molecule has 4 rings (SSSR count). The number of nitrogens with one attached hydrogen (secondary N) is 1. The highest BCUT2D eigenvalue weighted by Crippen LogP contribution is 2.41. The zero-order valence-electron chi connectivity index (χ0n) is 14.1. The number of carbonyl (C=O) groups excluding carboxylic acids is 1. The van der Waals surface area contributed by atoms with Crippen LogP contribution in [0.4, 0.5) is 0 Å². The lowest BCUT2D eigenvalue weighted by Crippen LogP contribution is -2.28. The summed E-state index contributed by atoms with van der Waals surface area (Å²) in [5.74, 6) is 1.21. The molecule has 1 aliphatic carbocycles. The Hall–Kier alpha value is -1.73. The molecule has 0 radical (unpaired) electrons. The van der Waals surface area contributed by atoms with Crippen molar-refractivity contribution in [1.29, 1.82) is 0 Å². The molecule has 0 bridgehead atoms. The number of thiazole rings is 1. The fourth-order valence-electron chi connectivity index (χ4n) is 3.53. The van der Waals surface area contributed by atoms with Crippen LogP contribution < -0.4 is 5.32 Å². The van der Waals surface area contributed by atoms with E-state index in [1.807, 2.05) is 48.9 Å². The van der Waals surface area contributed by atoms with E-state index in [-0.39, 0.29) is 17.9 Å². The van der Waals surface area contributed by atoms with Gasteiger partial charge < -0.3 is 10.2 Å². The zero-order valence-corrected chi connectivity index (χ0v) is 14.9. The maximum atomic E-state index is 12.2. The van der Waals surface area contributed by atoms with Gasteiger partial charge in [0.25, 0.3) is 0 Å². The number of carbonyl (C=O) groups is 1. The molecule has 3 heterocycles. The molecule has 2 aromatic rings. The van der Waals surface area contributed by atoms with Gasteiger partial charge in [-0.3, -0.25) is 9.48 Å². The first-order valence-corrected chi connectivity index (χ1v) is 9.33. The van der Waals surface area contributed by atoms with E-state index in [4.69, 9.17) is 0 Å². The molecule has 1 amide bonds. The van der Waals surface area contributed by atoms with Crippen LogP contribution in [0.5, 0.6) is 0 Å². The van der Waals surface area contributed by atoms with Gasteiger partial charge in [-0.05, 0) is 12.8 Å². The molecule has 1 N–H and O–H groups in total. The largest absolute Gasteiger partial charge is 0.338 e. The highest BCUT2D eigenvalue weighted by molar-refractivity contribution is 7.11. The lowest BCUT2D eigenvalue weighted by Gasteiger charge is -2.24. The average Bonchev–Trinajstić information content (AvgIpc) is 3.04. The second-order valence-electron chi connectivity index (χ2n) is 6.93. The van der Waals surface area contributed by atoms with E-state index in [1.165, 1.54) is 22.7 Å². The summed E-state index contributed by atoms with van der Waals surface area (Å²) in [4.78, 5) is 19.8. The molecule has 0 spiro atoms. The molecule has 7 heteroatoms. The fourth-order valence-corrected chi connectivity index (χ4v) is 4.58. The van der Waals surface area contributed by atoms with Gasteiger partial charge >= 0.3 is 0 Å². The van der Waals surface area contributed by atoms with Crippen molar-refractivity contribution in [2.75, 3.05) is 13.6 Å². The Morgan fingerprint density at radius 3 is 2.88 bits per heavy atom. The minimum absolute atomic E-state index is 0.113. The quantitative estimate of drug-likeness (QED) is 0.870. The molecule has 2 aliphatic rings. The Morgan fingerprint density at radius 1 is 1.33 bits per heavy atom. The molecular formula is C17H23N5OS. The third kappa shape index (κ3) is 3.10. The summed E-state index contributed by atoms with van der Waals surface area (Å²) in [7, 11) is 3.81. The first-order chi connectivity index (χ1) is 11.6. The standard InChI is InChI=1S/C17H23N5OS/c1-21-10-13(7-20-21)16-12(5-15(23)22(16)2)6-18-8-14-9-19-17(24-14)11-3-4-11/h7,9-12,16,18H,3-6,8H2,1-2H3/t12-,16+/m0/s1. The average molecular weight is 345 g/mol. The van der Waals surface area contributed by atoms with E-state index in [1.54, 1.807) is 4.68 Å². The van der Waals surface area contributed by atoms with Crippen LogP contribution >= 0.6 is 11.3 Å². The molecule has 1 saturated heterocycles. The van der Waals surface area contributed by atoms with Gasteiger partial charge in [0.15, 0.2) is 0 Å². The molecule has 2 aromatic heterocycles. The van der Waals surface area contributed by atoms with E-state index < -0.39 is 0 Å². The van der Waals surface area contributed by atoms with Gasteiger partial charge in [0, 0.05) is 68.3 Å². The van der Waals surface area contributed by atoms with Gasteiger partial charge in [-0.1, -0.05) is 0 Å². The van der Waals surface area contributed by atoms with Crippen LogP contribution in [0.1, 0.15) is 46.7 Å². The minimum atomic E-state index is 0.113. The first kappa shape index (κ1) is 15.8. The molecule has 1 saturated carbocycles. The molecule has 2 fully saturated rings. The van der Waals surface area contributed by atoms with Crippen LogP contribution in [0.2, 0.25) is 0 Å². The lowest BCUT2D eigenvalue weighted by molar-refractivity contribution is -0.127. The number of hydrogen-bond acceptors (Lipinski definition) is 5. The van der Waals surface area contributed by atoms with E-state index in [9.17, 15) is 4.79 Å². The van der Waals surface area contributed by atoms with E-state index in [0.29, 0.717) is 6.42 Å². The second kappa shape index (κ2) is 6.29. The molecule has 128 valence electrons. The highest BCUT2D eigenvalue weighted by Gasteiger charge is 2.38. The van der Waals surface area contributed by atoms with Crippen molar-refractivity contribution >= 4 is 17.2 Å². The van der Waals surface area contributed by atoms with Crippen LogP contribution in [0.3, 0.4) is 0 Å². The number of likely N-dealkylation sites (tertiary alicyclic amines) is 1. The van der Waals surface area contributed by atoms with E-state index in [0.717, 1.165) is 24.6 Å². The summed E-state index contributed by atoms with van der Waals surface area (Å²) in [5.41, 5.74) is 1.12. The van der Waals surface area contributed by atoms with Crippen molar-refractivity contribution in [3.63, 3.8) is 0 Å². The normalized spacial score (nSPS) is 24.1. The van der Waals surface area contributed by atoms with Crippen molar-refractivity contribution in [1.82, 2.24) is 25.0 Å². The van der Waals surface area contributed by atoms with Gasteiger partial charge in [-0.15, -0.1) is 11.3 Å². The monoisotopic (exact) mass is 345 g/mol. The minimum Gasteiger partial charge on any atom is -0.338 e. The van der Waals surface area contributed by atoms with Crippen LogP contribution in [0, 0.1) is 5.92 Å².